The van der Waals surface area contributed by atoms with E-state index in [0.717, 1.165) is 37.2 Å². The van der Waals surface area contributed by atoms with Gasteiger partial charge in [-0.3, -0.25) is 4.79 Å². The van der Waals surface area contributed by atoms with Crippen LogP contribution in [-0.2, 0) is 16.1 Å². The van der Waals surface area contributed by atoms with E-state index in [9.17, 15) is 4.79 Å². The molecular weight excluding hydrogens is 214 g/mol. The Kier molecular flexibility index (Phi) is 3.82. The van der Waals surface area contributed by atoms with Crippen molar-refractivity contribution in [2.45, 2.75) is 32.2 Å². The molecule has 2 rings (SSSR count). The maximum atomic E-state index is 10.4. The number of nitrogens with zero attached hydrogens (tertiary/aromatic N) is 1. The molecule has 1 aliphatic heterocycles. The van der Waals surface area contributed by atoms with Crippen molar-refractivity contribution in [2.24, 2.45) is 0 Å². The standard InChI is InChI=1S/C10H13NO3S/c12-6-8-5-11-9(15-8)7-14-10-3-1-2-4-13-10/h5-6,10H,1-4,7H2. The molecule has 1 aromatic rings. The highest BCUT2D eigenvalue weighted by atomic mass is 32.1. The summed E-state index contributed by atoms with van der Waals surface area (Å²) >= 11 is 1.36. The Hall–Kier alpha value is -0.780. The minimum atomic E-state index is -0.0951. The molecule has 0 aliphatic carbocycles. The van der Waals surface area contributed by atoms with Crippen molar-refractivity contribution in [2.75, 3.05) is 6.61 Å². The molecule has 1 aromatic heterocycles. The molecule has 0 N–H and O–H groups in total. The van der Waals surface area contributed by atoms with Crippen LogP contribution in [0.2, 0.25) is 0 Å². The molecule has 2 heterocycles. The third-order valence-corrected chi connectivity index (χ3v) is 3.11. The van der Waals surface area contributed by atoms with Crippen LogP contribution in [0, 0.1) is 0 Å². The van der Waals surface area contributed by atoms with Gasteiger partial charge in [-0.1, -0.05) is 0 Å². The molecule has 0 radical (unpaired) electrons. The molecule has 0 amide bonds. The van der Waals surface area contributed by atoms with Gasteiger partial charge in [-0.15, -0.1) is 11.3 Å². The van der Waals surface area contributed by atoms with Crippen molar-refractivity contribution < 1.29 is 14.3 Å². The van der Waals surface area contributed by atoms with Crippen LogP contribution in [0.4, 0.5) is 0 Å². The van der Waals surface area contributed by atoms with Gasteiger partial charge in [0.05, 0.1) is 4.88 Å². The molecule has 5 heteroatoms. The number of ether oxygens (including phenoxy) is 2. The first-order valence-corrected chi connectivity index (χ1v) is 5.83. The highest BCUT2D eigenvalue weighted by molar-refractivity contribution is 7.13. The molecule has 1 aliphatic rings. The number of aromatic nitrogens is 1. The SMILES string of the molecule is O=Cc1cnc(COC2CCCCO2)s1. The second kappa shape index (κ2) is 5.34. The number of rotatable bonds is 4. The van der Waals surface area contributed by atoms with E-state index in [1.165, 1.54) is 11.3 Å². The highest BCUT2D eigenvalue weighted by Crippen LogP contribution is 2.17. The van der Waals surface area contributed by atoms with Gasteiger partial charge in [0.15, 0.2) is 12.6 Å². The average molecular weight is 227 g/mol. The lowest BCUT2D eigenvalue weighted by molar-refractivity contribution is -0.168. The molecule has 0 bridgehead atoms. The Morgan fingerprint density at radius 3 is 3.27 bits per heavy atom. The minimum Gasteiger partial charge on any atom is -0.353 e. The Balaban J connectivity index is 1.79. The second-order valence-corrected chi connectivity index (χ2v) is 4.53. The molecule has 0 spiro atoms. The predicted molar refractivity (Wildman–Crippen MR) is 55.9 cm³/mol. The highest BCUT2D eigenvalue weighted by Gasteiger charge is 2.14. The summed E-state index contributed by atoms with van der Waals surface area (Å²) in [6.07, 6.45) is 5.50. The van der Waals surface area contributed by atoms with E-state index in [0.29, 0.717) is 11.5 Å². The quantitative estimate of drug-likeness (QED) is 0.738. The van der Waals surface area contributed by atoms with Gasteiger partial charge in [0.25, 0.3) is 0 Å². The normalized spacial score (nSPS) is 21.5. The van der Waals surface area contributed by atoms with Gasteiger partial charge < -0.3 is 9.47 Å². The van der Waals surface area contributed by atoms with E-state index in [1.54, 1.807) is 6.20 Å². The molecule has 82 valence electrons. The number of thiazole rings is 1. The van der Waals surface area contributed by atoms with Crippen molar-refractivity contribution >= 4 is 17.6 Å². The largest absolute Gasteiger partial charge is 0.353 e. The van der Waals surface area contributed by atoms with E-state index in [4.69, 9.17) is 9.47 Å². The second-order valence-electron chi connectivity index (χ2n) is 3.38. The van der Waals surface area contributed by atoms with Crippen molar-refractivity contribution in [3.05, 3.63) is 16.1 Å². The summed E-state index contributed by atoms with van der Waals surface area (Å²) in [6, 6.07) is 0. The van der Waals surface area contributed by atoms with Crippen LogP contribution in [-0.4, -0.2) is 24.2 Å². The molecule has 1 fully saturated rings. The van der Waals surface area contributed by atoms with Crippen molar-refractivity contribution in [1.82, 2.24) is 4.98 Å². The van der Waals surface area contributed by atoms with Crippen LogP contribution in [0.15, 0.2) is 6.20 Å². The Morgan fingerprint density at radius 2 is 2.60 bits per heavy atom. The summed E-state index contributed by atoms with van der Waals surface area (Å²) in [6.45, 7) is 1.21. The Labute approximate surface area is 92.2 Å². The van der Waals surface area contributed by atoms with Gasteiger partial charge in [0.2, 0.25) is 0 Å². The van der Waals surface area contributed by atoms with E-state index in [-0.39, 0.29) is 6.29 Å². The van der Waals surface area contributed by atoms with E-state index in [1.807, 2.05) is 0 Å². The first-order chi connectivity index (χ1) is 7.38. The lowest BCUT2D eigenvalue weighted by Crippen LogP contribution is -2.21. The van der Waals surface area contributed by atoms with Crippen LogP contribution in [0.1, 0.15) is 33.9 Å². The Bertz CT molecular complexity index is 320. The fourth-order valence-corrected chi connectivity index (χ4v) is 2.11. The summed E-state index contributed by atoms with van der Waals surface area (Å²) in [5.74, 6) is 0. The predicted octanol–water partition coefficient (Wildman–Crippen LogP) is 2.00. The molecule has 0 saturated carbocycles. The molecule has 0 aromatic carbocycles. The fraction of sp³-hybridized carbons (Fsp3) is 0.600. The maximum Gasteiger partial charge on any atom is 0.161 e. The van der Waals surface area contributed by atoms with E-state index >= 15 is 0 Å². The van der Waals surface area contributed by atoms with Gasteiger partial charge in [-0.05, 0) is 19.3 Å². The molecule has 1 unspecified atom stereocenters. The summed E-state index contributed by atoms with van der Waals surface area (Å²) < 4.78 is 11.0. The van der Waals surface area contributed by atoms with Crippen LogP contribution >= 0.6 is 11.3 Å². The molecule has 1 saturated heterocycles. The van der Waals surface area contributed by atoms with Gasteiger partial charge in [-0.25, -0.2) is 4.98 Å². The Morgan fingerprint density at radius 1 is 1.67 bits per heavy atom. The monoisotopic (exact) mass is 227 g/mol. The maximum absolute atomic E-state index is 10.4. The lowest BCUT2D eigenvalue weighted by atomic mass is 10.2. The van der Waals surface area contributed by atoms with Crippen molar-refractivity contribution in [3.63, 3.8) is 0 Å². The van der Waals surface area contributed by atoms with Crippen molar-refractivity contribution in [3.8, 4) is 0 Å². The molecular formula is C10H13NO3S. The summed E-state index contributed by atoms with van der Waals surface area (Å²) in [4.78, 5) is 15.1. The average Bonchev–Trinajstić information content (AvgIpc) is 2.76. The van der Waals surface area contributed by atoms with Crippen LogP contribution in [0.25, 0.3) is 0 Å². The number of carbonyl (C=O) groups is 1. The van der Waals surface area contributed by atoms with Gasteiger partial charge in [0, 0.05) is 12.8 Å². The zero-order valence-electron chi connectivity index (χ0n) is 8.35. The fourth-order valence-electron chi connectivity index (χ4n) is 1.45. The zero-order valence-corrected chi connectivity index (χ0v) is 9.16. The van der Waals surface area contributed by atoms with Crippen LogP contribution < -0.4 is 0 Å². The summed E-state index contributed by atoms with van der Waals surface area (Å²) in [7, 11) is 0. The summed E-state index contributed by atoms with van der Waals surface area (Å²) in [5, 5.41) is 0.825. The van der Waals surface area contributed by atoms with E-state index < -0.39 is 0 Å². The summed E-state index contributed by atoms with van der Waals surface area (Å²) in [5.41, 5.74) is 0. The smallest absolute Gasteiger partial charge is 0.161 e. The van der Waals surface area contributed by atoms with Gasteiger partial charge >= 0.3 is 0 Å². The lowest BCUT2D eigenvalue weighted by Gasteiger charge is -2.22. The number of hydrogen-bond acceptors (Lipinski definition) is 5. The topological polar surface area (TPSA) is 48.4 Å². The third kappa shape index (κ3) is 3.09. The third-order valence-electron chi connectivity index (χ3n) is 2.22. The van der Waals surface area contributed by atoms with Gasteiger partial charge in [-0.2, -0.15) is 0 Å². The van der Waals surface area contributed by atoms with Crippen LogP contribution in [0.3, 0.4) is 0 Å². The first-order valence-electron chi connectivity index (χ1n) is 5.01. The number of aldehydes is 1. The van der Waals surface area contributed by atoms with Gasteiger partial charge in [0.1, 0.15) is 11.6 Å². The van der Waals surface area contributed by atoms with E-state index in [2.05, 4.69) is 4.98 Å². The molecule has 4 nitrogen and oxygen atoms in total. The number of hydrogen-bond donors (Lipinski definition) is 0. The van der Waals surface area contributed by atoms with Crippen LogP contribution in [0.5, 0.6) is 0 Å². The minimum absolute atomic E-state index is 0.0951. The molecule has 1 atom stereocenters. The van der Waals surface area contributed by atoms with Crippen molar-refractivity contribution in [1.29, 1.82) is 0 Å². The number of carbonyl (C=O) groups excluding carboxylic acids is 1. The zero-order chi connectivity index (χ0) is 10.5. The first kappa shape index (κ1) is 10.7. The molecule has 15 heavy (non-hydrogen) atoms.